The van der Waals surface area contributed by atoms with Crippen LogP contribution in [0.2, 0.25) is 0 Å². The molecule has 0 amide bonds. The van der Waals surface area contributed by atoms with Crippen LogP contribution in [0.3, 0.4) is 0 Å². The number of methoxy groups -OCH3 is 1. The second-order valence-corrected chi connectivity index (χ2v) is 5.02. The minimum atomic E-state index is -0.322. The summed E-state index contributed by atoms with van der Waals surface area (Å²) in [6, 6.07) is 5.06. The molecule has 0 aliphatic carbocycles. The van der Waals surface area contributed by atoms with Gasteiger partial charge in [-0.3, -0.25) is 0 Å². The van der Waals surface area contributed by atoms with Gasteiger partial charge in [0.25, 0.3) is 0 Å². The molecular formula is C15H22FNO3. The van der Waals surface area contributed by atoms with Crippen LogP contribution in [0.1, 0.15) is 18.4 Å². The van der Waals surface area contributed by atoms with E-state index >= 15 is 0 Å². The molecule has 112 valence electrons. The van der Waals surface area contributed by atoms with E-state index < -0.39 is 0 Å². The zero-order valence-electron chi connectivity index (χ0n) is 12.1. The van der Waals surface area contributed by atoms with E-state index in [2.05, 4.69) is 4.90 Å². The summed E-state index contributed by atoms with van der Waals surface area (Å²) in [5.41, 5.74) is 0.927. The third-order valence-corrected chi connectivity index (χ3v) is 3.31. The van der Waals surface area contributed by atoms with Gasteiger partial charge in [-0.05, 0) is 31.2 Å². The van der Waals surface area contributed by atoms with Crippen LogP contribution in [0.25, 0.3) is 0 Å². The van der Waals surface area contributed by atoms with Gasteiger partial charge in [0.1, 0.15) is 0 Å². The minimum Gasteiger partial charge on any atom is -0.494 e. The molecule has 4 nitrogen and oxygen atoms in total. The highest BCUT2D eigenvalue weighted by Gasteiger charge is 2.15. The van der Waals surface area contributed by atoms with Crippen molar-refractivity contribution in [3.63, 3.8) is 0 Å². The summed E-state index contributed by atoms with van der Waals surface area (Å²) in [5.74, 6) is -0.0437. The van der Waals surface area contributed by atoms with Crippen molar-refractivity contribution >= 4 is 0 Å². The number of hydrogen-bond donors (Lipinski definition) is 0. The van der Waals surface area contributed by atoms with Crippen LogP contribution in [0, 0.1) is 5.82 Å². The summed E-state index contributed by atoms with van der Waals surface area (Å²) in [6.45, 7) is 3.09. The van der Waals surface area contributed by atoms with Crippen molar-refractivity contribution in [3.05, 3.63) is 29.6 Å². The Hall–Kier alpha value is -1.17. The molecule has 0 spiro atoms. The van der Waals surface area contributed by atoms with Crippen molar-refractivity contribution in [2.75, 3.05) is 33.9 Å². The molecule has 1 aromatic carbocycles. The first-order chi connectivity index (χ1) is 9.69. The van der Waals surface area contributed by atoms with E-state index in [1.807, 2.05) is 13.1 Å². The lowest BCUT2D eigenvalue weighted by atomic mass is 10.2. The van der Waals surface area contributed by atoms with Crippen LogP contribution in [0.4, 0.5) is 4.39 Å². The zero-order valence-corrected chi connectivity index (χ0v) is 12.1. The lowest BCUT2D eigenvalue weighted by Gasteiger charge is -2.25. The van der Waals surface area contributed by atoms with Gasteiger partial charge >= 0.3 is 0 Å². The molecule has 0 N–H and O–H groups in total. The first kappa shape index (κ1) is 15.2. The van der Waals surface area contributed by atoms with Gasteiger partial charge in [0.15, 0.2) is 17.9 Å². The van der Waals surface area contributed by atoms with E-state index in [9.17, 15) is 4.39 Å². The number of ether oxygens (including phenoxy) is 3. The summed E-state index contributed by atoms with van der Waals surface area (Å²) in [6.07, 6.45) is 1.70. The van der Waals surface area contributed by atoms with Crippen molar-refractivity contribution in [1.82, 2.24) is 4.90 Å². The lowest BCUT2D eigenvalue weighted by molar-refractivity contribution is -0.182. The number of hydrogen-bond acceptors (Lipinski definition) is 4. The van der Waals surface area contributed by atoms with Gasteiger partial charge in [-0.2, -0.15) is 0 Å². The fraction of sp³-hybridized carbons (Fsp3) is 0.600. The van der Waals surface area contributed by atoms with Crippen LogP contribution >= 0.6 is 0 Å². The van der Waals surface area contributed by atoms with E-state index in [-0.39, 0.29) is 17.9 Å². The number of halogens is 1. The van der Waals surface area contributed by atoms with Crippen LogP contribution in [-0.4, -0.2) is 45.1 Å². The van der Waals surface area contributed by atoms with Gasteiger partial charge in [-0.1, -0.05) is 6.07 Å². The first-order valence-corrected chi connectivity index (χ1v) is 6.93. The van der Waals surface area contributed by atoms with Gasteiger partial charge in [0.2, 0.25) is 0 Å². The minimum absolute atomic E-state index is 0.0983. The lowest BCUT2D eigenvalue weighted by Crippen LogP contribution is -2.29. The molecule has 1 fully saturated rings. The van der Waals surface area contributed by atoms with Gasteiger partial charge in [-0.15, -0.1) is 0 Å². The zero-order chi connectivity index (χ0) is 14.4. The molecule has 1 aromatic rings. The Balaban J connectivity index is 1.78. The molecule has 1 heterocycles. The molecule has 5 heteroatoms. The van der Waals surface area contributed by atoms with E-state index in [1.54, 1.807) is 6.07 Å². The molecule has 1 saturated heterocycles. The van der Waals surface area contributed by atoms with Crippen LogP contribution in [0.5, 0.6) is 5.75 Å². The predicted octanol–water partition coefficient (Wildman–Crippen LogP) is 2.42. The molecule has 0 radical (unpaired) electrons. The Morgan fingerprint density at radius 2 is 2.10 bits per heavy atom. The standard InChI is InChI=1S/C15H22FNO3/c1-17(7-6-15-19-8-3-9-20-15)11-12-4-5-14(18-2)13(16)10-12/h4-5,10,15H,3,6-9,11H2,1-2H3. The number of nitrogens with zero attached hydrogens (tertiary/aromatic N) is 1. The third-order valence-electron chi connectivity index (χ3n) is 3.31. The van der Waals surface area contributed by atoms with Gasteiger partial charge < -0.3 is 19.1 Å². The second-order valence-electron chi connectivity index (χ2n) is 5.02. The Morgan fingerprint density at radius 1 is 1.35 bits per heavy atom. The highest BCUT2D eigenvalue weighted by Crippen LogP contribution is 2.18. The van der Waals surface area contributed by atoms with Crippen molar-refractivity contribution in [2.24, 2.45) is 0 Å². The largest absolute Gasteiger partial charge is 0.494 e. The van der Waals surface area contributed by atoms with Crippen molar-refractivity contribution in [2.45, 2.75) is 25.7 Å². The summed E-state index contributed by atoms with van der Waals surface area (Å²) in [5, 5.41) is 0. The summed E-state index contributed by atoms with van der Waals surface area (Å²) in [7, 11) is 3.47. The summed E-state index contributed by atoms with van der Waals surface area (Å²) >= 11 is 0. The van der Waals surface area contributed by atoms with Gasteiger partial charge in [0.05, 0.1) is 20.3 Å². The quantitative estimate of drug-likeness (QED) is 0.802. The van der Waals surface area contributed by atoms with Gasteiger partial charge in [0, 0.05) is 19.5 Å². The smallest absolute Gasteiger partial charge is 0.165 e. The molecule has 0 bridgehead atoms. The Bertz CT molecular complexity index is 422. The van der Waals surface area contributed by atoms with Crippen LogP contribution in [-0.2, 0) is 16.0 Å². The summed E-state index contributed by atoms with van der Waals surface area (Å²) < 4.78 is 29.5. The SMILES string of the molecule is COc1ccc(CN(C)CCC2OCCCO2)cc1F. The molecule has 20 heavy (non-hydrogen) atoms. The number of benzene rings is 1. The molecular weight excluding hydrogens is 261 g/mol. The average Bonchev–Trinajstić information content (AvgIpc) is 2.46. The van der Waals surface area contributed by atoms with Crippen LogP contribution in [0.15, 0.2) is 18.2 Å². The molecule has 1 aliphatic heterocycles. The van der Waals surface area contributed by atoms with Crippen LogP contribution < -0.4 is 4.74 Å². The maximum Gasteiger partial charge on any atom is 0.165 e. The topological polar surface area (TPSA) is 30.9 Å². The fourth-order valence-electron chi connectivity index (χ4n) is 2.23. The molecule has 0 atom stereocenters. The van der Waals surface area contributed by atoms with E-state index in [4.69, 9.17) is 14.2 Å². The summed E-state index contributed by atoms with van der Waals surface area (Å²) in [4.78, 5) is 2.13. The maximum absolute atomic E-state index is 13.6. The van der Waals surface area contributed by atoms with Gasteiger partial charge in [-0.25, -0.2) is 4.39 Å². The average molecular weight is 283 g/mol. The maximum atomic E-state index is 13.6. The highest BCUT2D eigenvalue weighted by molar-refractivity contribution is 5.29. The molecule has 1 aliphatic rings. The van der Waals surface area contributed by atoms with E-state index in [0.717, 1.165) is 38.2 Å². The molecule has 2 rings (SSSR count). The predicted molar refractivity (Wildman–Crippen MR) is 74.2 cm³/mol. The van der Waals surface area contributed by atoms with Crippen molar-refractivity contribution in [1.29, 1.82) is 0 Å². The Labute approximate surface area is 119 Å². The van der Waals surface area contributed by atoms with Crippen molar-refractivity contribution in [3.8, 4) is 5.75 Å². The molecule has 0 saturated carbocycles. The van der Waals surface area contributed by atoms with E-state index in [0.29, 0.717) is 6.54 Å². The Morgan fingerprint density at radius 3 is 2.75 bits per heavy atom. The molecule has 0 unspecified atom stereocenters. The Kier molecular flexibility index (Phi) is 5.76. The first-order valence-electron chi connectivity index (χ1n) is 6.93. The second kappa shape index (κ2) is 7.57. The van der Waals surface area contributed by atoms with E-state index in [1.165, 1.54) is 13.2 Å². The fourth-order valence-corrected chi connectivity index (χ4v) is 2.23. The monoisotopic (exact) mass is 283 g/mol. The normalized spacial score (nSPS) is 16.6. The number of rotatable bonds is 6. The van der Waals surface area contributed by atoms with Crippen molar-refractivity contribution < 1.29 is 18.6 Å². The highest BCUT2D eigenvalue weighted by atomic mass is 19.1. The molecule has 0 aromatic heterocycles. The third kappa shape index (κ3) is 4.44.